The third-order valence-corrected chi connectivity index (χ3v) is 3.32. The summed E-state index contributed by atoms with van der Waals surface area (Å²) >= 11 is 0. The molecule has 2 N–H and O–H groups in total. The van der Waals surface area contributed by atoms with Crippen LogP contribution in [0.15, 0.2) is 0 Å². The number of hydrogen-bond acceptors (Lipinski definition) is 2. The lowest BCUT2D eigenvalue weighted by Crippen LogP contribution is -2.47. The van der Waals surface area contributed by atoms with E-state index in [4.69, 9.17) is 5.73 Å². The number of rotatable bonds is 2. The topological polar surface area (TPSA) is 46.3 Å². The smallest absolute Gasteiger partial charge is 0.242 e. The van der Waals surface area contributed by atoms with Gasteiger partial charge in [0.25, 0.3) is 0 Å². The van der Waals surface area contributed by atoms with Gasteiger partial charge in [0.05, 0.1) is 5.54 Å². The summed E-state index contributed by atoms with van der Waals surface area (Å²) in [5, 5.41) is 0. The summed E-state index contributed by atoms with van der Waals surface area (Å²) in [6.45, 7) is 3.07. The number of likely N-dealkylation sites (tertiary alicyclic amines) is 1. The maximum Gasteiger partial charge on any atom is 0.242 e. The van der Waals surface area contributed by atoms with E-state index in [1.807, 2.05) is 4.90 Å². The Bertz CT molecular complexity index is 223. The SMILES string of the molecule is CCC1CCCN1C(=O)C1(N)CC1. The molecule has 1 saturated heterocycles. The minimum Gasteiger partial charge on any atom is -0.338 e. The first kappa shape index (κ1) is 9.00. The molecule has 1 aliphatic carbocycles. The van der Waals surface area contributed by atoms with Crippen molar-refractivity contribution in [3.05, 3.63) is 0 Å². The molecule has 1 unspecified atom stereocenters. The van der Waals surface area contributed by atoms with Gasteiger partial charge >= 0.3 is 0 Å². The molecular formula is C10H18N2O. The van der Waals surface area contributed by atoms with Gasteiger partial charge in [0.2, 0.25) is 5.91 Å². The van der Waals surface area contributed by atoms with E-state index in [1.165, 1.54) is 6.42 Å². The van der Waals surface area contributed by atoms with Gasteiger partial charge in [0.1, 0.15) is 0 Å². The summed E-state index contributed by atoms with van der Waals surface area (Å²) in [7, 11) is 0. The minimum absolute atomic E-state index is 0.205. The molecule has 0 aromatic rings. The Morgan fingerprint density at radius 3 is 2.85 bits per heavy atom. The van der Waals surface area contributed by atoms with Gasteiger partial charge in [-0.1, -0.05) is 6.92 Å². The maximum absolute atomic E-state index is 11.9. The number of nitrogens with zero attached hydrogens (tertiary/aromatic N) is 1. The first-order chi connectivity index (χ1) is 6.17. The average molecular weight is 182 g/mol. The molecule has 0 spiro atoms. The Morgan fingerprint density at radius 1 is 1.62 bits per heavy atom. The first-order valence-corrected chi connectivity index (χ1v) is 5.27. The van der Waals surface area contributed by atoms with Crippen molar-refractivity contribution in [1.82, 2.24) is 4.90 Å². The van der Waals surface area contributed by atoms with Crippen LogP contribution >= 0.6 is 0 Å². The highest BCUT2D eigenvalue weighted by atomic mass is 16.2. The zero-order chi connectivity index (χ0) is 9.47. The first-order valence-electron chi connectivity index (χ1n) is 5.27. The second-order valence-corrected chi connectivity index (χ2v) is 4.36. The van der Waals surface area contributed by atoms with Crippen LogP contribution in [0.4, 0.5) is 0 Å². The quantitative estimate of drug-likeness (QED) is 0.689. The van der Waals surface area contributed by atoms with E-state index in [0.29, 0.717) is 6.04 Å². The van der Waals surface area contributed by atoms with Crippen molar-refractivity contribution in [1.29, 1.82) is 0 Å². The highest BCUT2D eigenvalue weighted by Gasteiger charge is 2.49. The van der Waals surface area contributed by atoms with E-state index < -0.39 is 5.54 Å². The molecule has 1 heterocycles. The molecular weight excluding hydrogens is 164 g/mol. The average Bonchev–Trinajstić information content (AvgIpc) is 2.71. The number of amides is 1. The van der Waals surface area contributed by atoms with Crippen LogP contribution in [0.5, 0.6) is 0 Å². The summed E-state index contributed by atoms with van der Waals surface area (Å²) in [5.41, 5.74) is 5.44. The van der Waals surface area contributed by atoms with Gasteiger partial charge in [-0.2, -0.15) is 0 Å². The van der Waals surface area contributed by atoms with E-state index in [1.54, 1.807) is 0 Å². The molecule has 1 amide bonds. The molecule has 74 valence electrons. The van der Waals surface area contributed by atoms with Crippen LogP contribution in [0.1, 0.15) is 39.0 Å². The van der Waals surface area contributed by atoms with E-state index in [9.17, 15) is 4.79 Å². The van der Waals surface area contributed by atoms with Gasteiger partial charge < -0.3 is 10.6 Å². The van der Waals surface area contributed by atoms with Crippen molar-refractivity contribution in [3.63, 3.8) is 0 Å². The van der Waals surface area contributed by atoms with Gasteiger partial charge in [0, 0.05) is 12.6 Å². The summed E-state index contributed by atoms with van der Waals surface area (Å²) in [6, 6.07) is 0.466. The highest BCUT2D eigenvalue weighted by molar-refractivity contribution is 5.89. The third-order valence-electron chi connectivity index (χ3n) is 3.32. The van der Waals surface area contributed by atoms with Gasteiger partial charge in [-0.3, -0.25) is 4.79 Å². The van der Waals surface area contributed by atoms with E-state index in [2.05, 4.69) is 6.92 Å². The lowest BCUT2D eigenvalue weighted by Gasteiger charge is -2.26. The van der Waals surface area contributed by atoms with Crippen molar-refractivity contribution in [2.75, 3.05) is 6.54 Å². The van der Waals surface area contributed by atoms with Crippen LogP contribution < -0.4 is 5.73 Å². The summed E-state index contributed by atoms with van der Waals surface area (Å²) in [4.78, 5) is 13.9. The van der Waals surface area contributed by atoms with Crippen molar-refractivity contribution in [3.8, 4) is 0 Å². The predicted octanol–water partition coefficient (Wildman–Crippen LogP) is 0.879. The normalized spacial score (nSPS) is 30.6. The fourth-order valence-electron chi connectivity index (χ4n) is 2.16. The molecule has 0 aromatic carbocycles. The molecule has 0 radical (unpaired) electrons. The second kappa shape index (κ2) is 2.98. The summed E-state index contributed by atoms with van der Waals surface area (Å²) in [5.74, 6) is 0.205. The lowest BCUT2D eigenvalue weighted by molar-refractivity contribution is -0.134. The Labute approximate surface area is 79.3 Å². The molecule has 0 bridgehead atoms. The van der Waals surface area contributed by atoms with Crippen molar-refractivity contribution >= 4 is 5.91 Å². The van der Waals surface area contributed by atoms with Crippen LogP contribution in [-0.4, -0.2) is 28.9 Å². The van der Waals surface area contributed by atoms with Gasteiger partial charge in [0.15, 0.2) is 0 Å². The lowest BCUT2D eigenvalue weighted by atomic mass is 10.1. The number of carbonyl (C=O) groups excluding carboxylic acids is 1. The van der Waals surface area contributed by atoms with Crippen LogP contribution in [0.2, 0.25) is 0 Å². The van der Waals surface area contributed by atoms with Crippen molar-refractivity contribution < 1.29 is 4.79 Å². The minimum atomic E-state index is -0.461. The molecule has 1 aliphatic heterocycles. The Balaban J connectivity index is 2.03. The molecule has 2 aliphatic rings. The highest BCUT2D eigenvalue weighted by Crippen LogP contribution is 2.36. The van der Waals surface area contributed by atoms with Crippen molar-refractivity contribution in [2.24, 2.45) is 5.73 Å². The molecule has 3 nitrogen and oxygen atoms in total. The predicted molar refractivity (Wildman–Crippen MR) is 51.2 cm³/mol. The van der Waals surface area contributed by atoms with Gasteiger partial charge in [-0.25, -0.2) is 0 Å². The number of nitrogens with two attached hydrogens (primary N) is 1. The fourth-order valence-corrected chi connectivity index (χ4v) is 2.16. The monoisotopic (exact) mass is 182 g/mol. The van der Waals surface area contributed by atoms with Crippen molar-refractivity contribution in [2.45, 2.75) is 50.6 Å². The van der Waals surface area contributed by atoms with E-state index in [0.717, 1.165) is 32.2 Å². The largest absolute Gasteiger partial charge is 0.338 e. The summed E-state index contributed by atoms with van der Waals surface area (Å²) in [6.07, 6.45) is 5.16. The molecule has 0 aromatic heterocycles. The number of carbonyl (C=O) groups is 1. The fraction of sp³-hybridized carbons (Fsp3) is 0.900. The Hall–Kier alpha value is -0.570. The Kier molecular flexibility index (Phi) is 2.06. The molecule has 2 rings (SSSR count). The molecule has 2 fully saturated rings. The zero-order valence-corrected chi connectivity index (χ0v) is 8.25. The standard InChI is InChI=1S/C10H18N2O/c1-2-8-4-3-7-12(8)9(13)10(11)5-6-10/h8H,2-7,11H2,1H3. The van der Waals surface area contributed by atoms with Gasteiger partial charge in [-0.05, 0) is 32.1 Å². The molecule has 1 saturated carbocycles. The number of hydrogen-bond donors (Lipinski definition) is 1. The zero-order valence-electron chi connectivity index (χ0n) is 8.25. The van der Waals surface area contributed by atoms with Crippen LogP contribution in [0, 0.1) is 0 Å². The van der Waals surface area contributed by atoms with Crippen LogP contribution in [-0.2, 0) is 4.79 Å². The third kappa shape index (κ3) is 1.46. The van der Waals surface area contributed by atoms with Crippen LogP contribution in [0.3, 0.4) is 0 Å². The molecule has 1 atom stereocenters. The van der Waals surface area contributed by atoms with Crippen LogP contribution in [0.25, 0.3) is 0 Å². The van der Waals surface area contributed by atoms with E-state index in [-0.39, 0.29) is 5.91 Å². The maximum atomic E-state index is 11.9. The van der Waals surface area contributed by atoms with Gasteiger partial charge in [-0.15, -0.1) is 0 Å². The molecule has 3 heteroatoms. The second-order valence-electron chi connectivity index (χ2n) is 4.36. The Morgan fingerprint density at radius 2 is 2.31 bits per heavy atom. The van der Waals surface area contributed by atoms with E-state index >= 15 is 0 Å². The molecule has 13 heavy (non-hydrogen) atoms. The summed E-state index contributed by atoms with van der Waals surface area (Å²) < 4.78 is 0.